The molecule has 4 heterocycles. The highest BCUT2D eigenvalue weighted by molar-refractivity contribution is 5.93. The summed E-state index contributed by atoms with van der Waals surface area (Å²) in [5.74, 6) is 1.69. The van der Waals surface area contributed by atoms with Crippen molar-refractivity contribution in [3.05, 3.63) is 60.2 Å². The molecule has 1 atom stereocenters. The van der Waals surface area contributed by atoms with E-state index >= 15 is 0 Å². The molecule has 1 fully saturated rings. The second-order valence-electron chi connectivity index (χ2n) is 7.67. The second-order valence-corrected chi connectivity index (χ2v) is 7.67. The van der Waals surface area contributed by atoms with Crippen LogP contribution < -0.4 is 15.8 Å². The van der Waals surface area contributed by atoms with Crippen LogP contribution in [0.3, 0.4) is 0 Å². The number of anilines is 1. The molecule has 0 aromatic carbocycles. The standard InChI is InChI=1S/C22H22N6O3.ClH/c1-13-20(22(27-31-13)30-12-17(23)18-4-2-3-8-24-18)15-7-9-28-16(10-15)11-19(26-28)25-21(29)14-5-6-14;/h2-4,7-11,14,17H,5-6,12,23H2,1H3,(H,25,26,29);1H. The first-order valence-corrected chi connectivity index (χ1v) is 10.1. The molecule has 1 aliphatic carbocycles. The molecular formula is C22H23ClN6O3. The average molecular weight is 455 g/mol. The Morgan fingerprint density at radius 2 is 2.19 bits per heavy atom. The molecule has 0 bridgehead atoms. The van der Waals surface area contributed by atoms with Gasteiger partial charge in [-0.15, -0.1) is 12.4 Å². The monoisotopic (exact) mass is 454 g/mol. The van der Waals surface area contributed by atoms with E-state index in [9.17, 15) is 4.79 Å². The lowest BCUT2D eigenvalue weighted by molar-refractivity contribution is -0.117. The predicted octanol–water partition coefficient (Wildman–Crippen LogP) is 3.54. The van der Waals surface area contributed by atoms with Crippen LogP contribution in [0.4, 0.5) is 5.82 Å². The van der Waals surface area contributed by atoms with Crippen LogP contribution in [-0.4, -0.2) is 32.3 Å². The van der Waals surface area contributed by atoms with Crippen LogP contribution in [0.1, 0.15) is 30.3 Å². The molecule has 0 radical (unpaired) electrons. The number of fused-ring (bicyclic) bond motifs is 1. The Hall–Kier alpha value is -3.43. The first kappa shape index (κ1) is 21.8. The summed E-state index contributed by atoms with van der Waals surface area (Å²) in [5, 5.41) is 11.3. The van der Waals surface area contributed by atoms with Crippen LogP contribution in [0.5, 0.6) is 5.88 Å². The molecule has 0 spiro atoms. The highest BCUT2D eigenvalue weighted by atomic mass is 35.5. The van der Waals surface area contributed by atoms with Crippen molar-refractivity contribution < 1.29 is 14.1 Å². The molecule has 1 unspecified atom stereocenters. The Kier molecular flexibility index (Phi) is 6.11. The van der Waals surface area contributed by atoms with E-state index in [0.717, 1.165) is 35.2 Å². The van der Waals surface area contributed by atoms with E-state index in [4.69, 9.17) is 15.0 Å². The number of pyridine rings is 2. The third kappa shape index (κ3) is 4.44. The quantitative estimate of drug-likeness (QED) is 0.438. The number of ether oxygens (including phenoxy) is 1. The molecule has 10 heteroatoms. The topological polar surface area (TPSA) is 121 Å². The molecule has 5 rings (SSSR count). The molecule has 1 aliphatic rings. The molecule has 1 saturated carbocycles. The summed E-state index contributed by atoms with van der Waals surface area (Å²) < 4.78 is 13.0. The van der Waals surface area contributed by atoms with Gasteiger partial charge in [-0.1, -0.05) is 6.07 Å². The molecule has 32 heavy (non-hydrogen) atoms. The van der Waals surface area contributed by atoms with E-state index in [1.807, 2.05) is 49.5 Å². The first-order chi connectivity index (χ1) is 15.1. The number of nitrogens with two attached hydrogens (primary N) is 1. The zero-order chi connectivity index (χ0) is 21.4. The summed E-state index contributed by atoms with van der Waals surface area (Å²) in [6.45, 7) is 2.04. The van der Waals surface area contributed by atoms with Crippen LogP contribution in [0.15, 0.2) is 53.3 Å². The molecule has 0 saturated heterocycles. The number of carbonyl (C=O) groups is 1. The van der Waals surface area contributed by atoms with Gasteiger partial charge in [-0.3, -0.25) is 9.78 Å². The van der Waals surface area contributed by atoms with Crippen LogP contribution in [0, 0.1) is 12.8 Å². The average Bonchev–Trinajstić information content (AvgIpc) is 3.47. The van der Waals surface area contributed by atoms with Gasteiger partial charge in [0.15, 0.2) is 5.82 Å². The molecular weight excluding hydrogens is 432 g/mol. The fraction of sp³-hybridized carbons (Fsp3) is 0.273. The van der Waals surface area contributed by atoms with Crippen molar-refractivity contribution in [1.29, 1.82) is 0 Å². The summed E-state index contributed by atoms with van der Waals surface area (Å²) >= 11 is 0. The number of nitrogens with one attached hydrogen (secondary N) is 1. The molecule has 1 amide bonds. The van der Waals surface area contributed by atoms with E-state index < -0.39 is 0 Å². The molecule has 166 valence electrons. The van der Waals surface area contributed by atoms with Crippen molar-refractivity contribution >= 4 is 29.6 Å². The maximum Gasteiger partial charge on any atom is 0.262 e. The van der Waals surface area contributed by atoms with Gasteiger partial charge in [0.05, 0.1) is 22.8 Å². The van der Waals surface area contributed by atoms with E-state index in [2.05, 4.69) is 20.6 Å². The molecule has 3 N–H and O–H groups in total. The Morgan fingerprint density at radius 3 is 2.94 bits per heavy atom. The van der Waals surface area contributed by atoms with E-state index in [-0.39, 0.29) is 36.9 Å². The van der Waals surface area contributed by atoms with Gasteiger partial charge in [0.1, 0.15) is 12.4 Å². The zero-order valence-corrected chi connectivity index (χ0v) is 18.2. The van der Waals surface area contributed by atoms with Gasteiger partial charge in [0.25, 0.3) is 5.88 Å². The summed E-state index contributed by atoms with van der Waals surface area (Å²) in [4.78, 5) is 16.3. The van der Waals surface area contributed by atoms with E-state index in [1.165, 1.54) is 0 Å². The number of hydrogen-bond donors (Lipinski definition) is 2. The Labute approximate surface area is 190 Å². The Bertz CT molecular complexity index is 1240. The van der Waals surface area contributed by atoms with Gasteiger partial charge in [0.2, 0.25) is 5.91 Å². The minimum Gasteiger partial charge on any atom is -0.473 e. The zero-order valence-electron chi connectivity index (χ0n) is 17.4. The van der Waals surface area contributed by atoms with Crippen LogP contribution in [0.2, 0.25) is 0 Å². The van der Waals surface area contributed by atoms with Crippen LogP contribution in [0.25, 0.3) is 16.6 Å². The maximum atomic E-state index is 12.0. The fourth-order valence-electron chi connectivity index (χ4n) is 3.41. The van der Waals surface area contributed by atoms with Crippen molar-refractivity contribution in [1.82, 2.24) is 19.8 Å². The first-order valence-electron chi connectivity index (χ1n) is 10.1. The summed E-state index contributed by atoms with van der Waals surface area (Å²) in [6, 6.07) is 10.9. The minimum absolute atomic E-state index is 0. The van der Waals surface area contributed by atoms with Gasteiger partial charge < -0.3 is 20.3 Å². The molecule has 4 aromatic rings. The molecule has 0 aliphatic heterocycles. The summed E-state index contributed by atoms with van der Waals surface area (Å²) in [7, 11) is 0. The number of aromatic nitrogens is 4. The second kappa shape index (κ2) is 8.97. The van der Waals surface area contributed by atoms with Gasteiger partial charge in [0, 0.05) is 24.4 Å². The maximum absolute atomic E-state index is 12.0. The third-order valence-electron chi connectivity index (χ3n) is 5.25. The molecule has 9 nitrogen and oxygen atoms in total. The number of aryl methyl sites for hydroxylation is 1. The summed E-state index contributed by atoms with van der Waals surface area (Å²) in [5.41, 5.74) is 9.38. The fourth-order valence-corrected chi connectivity index (χ4v) is 3.41. The minimum atomic E-state index is -0.388. The number of halogens is 1. The predicted molar refractivity (Wildman–Crippen MR) is 121 cm³/mol. The highest BCUT2D eigenvalue weighted by Crippen LogP contribution is 2.34. The third-order valence-corrected chi connectivity index (χ3v) is 5.25. The van der Waals surface area contributed by atoms with Gasteiger partial charge in [-0.25, -0.2) is 4.52 Å². The van der Waals surface area contributed by atoms with Crippen LogP contribution >= 0.6 is 12.4 Å². The van der Waals surface area contributed by atoms with E-state index in [0.29, 0.717) is 17.5 Å². The normalized spacial score (nSPS) is 14.1. The smallest absolute Gasteiger partial charge is 0.262 e. The SMILES string of the molecule is Cc1onc(OCC(N)c2ccccn2)c1-c1ccn2nc(NC(=O)C3CC3)cc2c1.Cl. The largest absolute Gasteiger partial charge is 0.473 e. The van der Waals surface area contributed by atoms with Gasteiger partial charge in [-0.05, 0) is 54.8 Å². The number of rotatable bonds is 7. The van der Waals surface area contributed by atoms with Crippen molar-refractivity contribution in [2.24, 2.45) is 11.7 Å². The number of amides is 1. The number of nitrogens with zero attached hydrogens (tertiary/aromatic N) is 4. The van der Waals surface area contributed by atoms with Crippen molar-refractivity contribution in [3.63, 3.8) is 0 Å². The lowest BCUT2D eigenvalue weighted by Gasteiger charge is -2.12. The van der Waals surface area contributed by atoms with Crippen LogP contribution in [-0.2, 0) is 4.79 Å². The molecule has 4 aromatic heterocycles. The van der Waals surface area contributed by atoms with Gasteiger partial charge in [-0.2, -0.15) is 5.10 Å². The Balaban J connectivity index is 0.00000245. The Morgan fingerprint density at radius 1 is 1.34 bits per heavy atom. The van der Waals surface area contributed by atoms with Crippen molar-refractivity contribution in [2.45, 2.75) is 25.8 Å². The lowest BCUT2D eigenvalue weighted by Crippen LogP contribution is -2.20. The van der Waals surface area contributed by atoms with Crippen molar-refractivity contribution in [2.75, 3.05) is 11.9 Å². The summed E-state index contributed by atoms with van der Waals surface area (Å²) in [6.07, 6.45) is 5.42. The van der Waals surface area contributed by atoms with Gasteiger partial charge >= 0.3 is 0 Å². The van der Waals surface area contributed by atoms with Crippen molar-refractivity contribution in [3.8, 4) is 17.0 Å². The number of carbonyl (C=O) groups excluding carboxylic acids is 1. The number of hydrogen-bond acceptors (Lipinski definition) is 7. The lowest BCUT2D eigenvalue weighted by atomic mass is 10.1. The highest BCUT2D eigenvalue weighted by Gasteiger charge is 2.30. The van der Waals surface area contributed by atoms with E-state index in [1.54, 1.807) is 10.7 Å².